The van der Waals surface area contributed by atoms with Crippen molar-refractivity contribution in [1.82, 2.24) is 0 Å². The zero-order valence-electron chi connectivity index (χ0n) is 11.6. The largest absolute Gasteiger partial charge is 0.280 e. The second kappa shape index (κ2) is 5.67. The molecule has 1 N–H and O–H groups in total. The Kier molecular flexibility index (Phi) is 4.14. The second-order valence-electron chi connectivity index (χ2n) is 5.03. The van der Waals surface area contributed by atoms with Crippen LogP contribution in [0.5, 0.6) is 0 Å². The van der Waals surface area contributed by atoms with Gasteiger partial charge >= 0.3 is 0 Å². The van der Waals surface area contributed by atoms with Crippen LogP contribution in [0.3, 0.4) is 0 Å². The molecule has 0 atom stereocenters. The van der Waals surface area contributed by atoms with Crippen molar-refractivity contribution in [3.63, 3.8) is 0 Å². The van der Waals surface area contributed by atoms with Gasteiger partial charge in [0.1, 0.15) is 0 Å². The van der Waals surface area contributed by atoms with Gasteiger partial charge < -0.3 is 0 Å². The highest BCUT2D eigenvalue weighted by Gasteiger charge is 2.14. The van der Waals surface area contributed by atoms with Crippen molar-refractivity contribution in [3.8, 4) is 0 Å². The fraction of sp³-hybridized carbons (Fsp3) is 0.188. The summed E-state index contributed by atoms with van der Waals surface area (Å²) in [5.41, 5.74) is 2.49. The number of hydrogen-bond acceptors (Lipinski definition) is 2. The molecule has 0 amide bonds. The molecule has 20 heavy (non-hydrogen) atoms. The molecule has 0 saturated carbocycles. The van der Waals surface area contributed by atoms with E-state index in [4.69, 9.17) is 0 Å². The van der Waals surface area contributed by atoms with Crippen molar-refractivity contribution in [2.24, 2.45) is 0 Å². The second-order valence-corrected chi connectivity index (χ2v) is 6.71. The van der Waals surface area contributed by atoms with E-state index in [9.17, 15) is 8.42 Å². The average Bonchev–Trinajstić information content (AvgIpc) is 2.41. The van der Waals surface area contributed by atoms with Gasteiger partial charge in [0.2, 0.25) is 0 Å². The summed E-state index contributed by atoms with van der Waals surface area (Å²) in [7, 11) is -3.54. The average molecular weight is 288 g/mol. The Morgan fingerprint density at radius 2 is 1.50 bits per heavy atom. The third-order valence-electron chi connectivity index (χ3n) is 3.06. The smallest absolute Gasteiger partial charge is 0.261 e. The number of nitrogens with one attached hydrogen (secondary N) is 1. The lowest BCUT2D eigenvalue weighted by atomic mass is 10.0. The highest BCUT2D eigenvalue weighted by molar-refractivity contribution is 7.92. The third kappa shape index (κ3) is 3.39. The minimum absolute atomic E-state index is 0.264. The molecule has 2 aromatic carbocycles. The van der Waals surface area contributed by atoms with Crippen LogP contribution in [0.1, 0.15) is 30.9 Å². The lowest BCUT2D eigenvalue weighted by Gasteiger charge is -2.10. The van der Waals surface area contributed by atoms with Crippen molar-refractivity contribution in [1.29, 1.82) is 0 Å². The molecule has 2 aromatic rings. The quantitative estimate of drug-likeness (QED) is 0.930. The number of rotatable bonds is 4. The lowest BCUT2D eigenvalue weighted by Crippen LogP contribution is -2.12. The molecule has 0 spiro atoms. The maximum Gasteiger partial charge on any atom is 0.261 e. The first-order valence-corrected chi connectivity index (χ1v) is 7.91. The van der Waals surface area contributed by atoms with Gasteiger partial charge in [-0.2, -0.15) is 0 Å². The number of hydrogen-bond donors (Lipinski definition) is 1. The molecule has 0 bridgehead atoms. The first-order valence-electron chi connectivity index (χ1n) is 6.43. The Bertz CT molecular complexity index is 671. The van der Waals surface area contributed by atoms with E-state index in [1.807, 2.05) is 12.1 Å². The third-order valence-corrected chi connectivity index (χ3v) is 4.46. The molecule has 0 aliphatic carbocycles. The molecule has 3 nitrogen and oxygen atoms in total. The van der Waals surface area contributed by atoms with E-state index >= 15 is 0 Å². The summed E-state index contributed by atoms with van der Waals surface area (Å²) in [5.74, 6) is 0.379. The maximum absolute atomic E-state index is 12.2. The monoisotopic (exact) mass is 288 g/mol. The normalized spacial score (nSPS) is 11.6. The summed E-state index contributed by atoms with van der Waals surface area (Å²) in [6, 6.07) is 13.9. The SMILES string of the molecule is [CH2]c1ccc(NS(=O)(=O)c2ccc(C(C)C)cc2)cc1. The molecule has 1 radical (unpaired) electrons. The number of benzene rings is 2. The summed E-state index contributed by atoms with van der Waals surface area (Å²) < 4.78 is 27.0. The maximum atomic E-state index is 12.2. The zero-order valence-corrected chi connectivity index (χ0v) is 12.4. The molecule has 0 aromatic heterocycles. The van der Waals surface area contributed by atoms with Gasteiger partial charge in [0.05, 0.1) is 4.90 Å². The summed E-state index contributed by atoms with van der Waals surface area (Å²) in [6.45, 7) is 7.91. The molecule has 0 fully saturated rings. The van der Waals surface area contributed by atoms with Crippen LogP contribution in [0.4, 0.5) is 5.69 Å². The first kappa shape index (κ1) is 14.6. The van der Waals surface area contributed by atoms with Gasteiger partial charge in [-0.25, -0.2) is 8.42 Å². The van der Waals surface area contributed by atoms with Gasteiger partial charge in [-0.3, -0.25) is 4.72 Å². The fourth-order valence-electron chi connectivity index (χ4n) is 1.82. The van der Waals surface area contributed by atoms with E-state index in [1.54, 1.807) is 36.4 Å². The Hall–Kier alpha value is -1.81. The van der Waals surface area contributed by atoms with Crippen molar-refractivity contribution in [2.75, 3.05) is 4.72 Å². The Morgan fingerprint density at radius 1 is 0.950 bits per heavy atom. The summed E-state index contributed by atoms with van der Waals surface area (Å²) >= 11 is 0. The minimum atomic E-state index is -3.54. The van der Waals surface area contributed by atoms with E-state index in [0.717, 1.165) is 11.1 Å². The molecule has 0 unspecified atom stereocenters. The molecule has 4 heteroatoms. The van der Waals surface area contributed by atoms with Gasteiger partial charge in [-0.15, -0.1) is 0 Å². The van der Waals surface area contributed by atoms with E-state index in [1.165, 1.54) is 0 Å². The van der Waals surface area contributed by atoms with Crippen LogP contribution < -0.4 is 4.72 Å². The van der Waals surface area contributed by atoms with Crippen LogP contribution in [-0.4, -0.2) is 8.42 Å². The van der Waals surface area contributed by atoms with Gasteiger partial charge in [0.15, 0.2) is 0 Å². The minimum Gasteiger partial charge on any atom is -0.280 e. The van der Waals surface area contributed by atoms with Crippen LogP contribution >= 0.6 is 0 Å². The van der Waals surface area contributed by atoms with Gasteiger partial charge in [-0.1, -0.05) is 38.1 Å². The molecule has 0 heterocycles. The summed E-state index contributed by atoms with van der Waals surface area (Å²) in [4.78, 5) is 0.264. The summed E-state index contributed by atoms with van der Waals surface area (Å²) in [5, 5.41) is 0. The van der Waals surface area contributed by atoms with E-state index in [0.29, 0.717) is 11.6 Å². The predicted molar refractivity (Wildman–Crippen MR) is 82.2 cm³/mol. The van der Waals surface area contributed by atoms with Crippen LogP contribution in [0, 0.1) is 6.92 Å². The van der Waals surface area contributed by atoms with Gasteiger partial charge in [0.25, 0.3) is 10.0 Å². The number of sulfonamides is 1. The molecule has 105 valence electrons. The molecule has 0 aliphatic rings. The summed E-state index contributed by atoms with van der Waals surface area (Å²) in [6.07, 6.45) is 0. The van der Waals surface area contributed by atoms with E-state index < -0.39 is 10.0 Å². The molecular formula is C16H18NO2S. The molecular weight excluding hydrogens is 270 g/mol. The van der Waals surface area contributed by atoms with Gasteiger partial charge in [-0.05, 0) is 48.2 Å². The van der Waals surface area contributed by atoms with Crippen molar-refractivity contribution < 1.29 is 8.42 Å². The highest BCUT2D eigenvalue weighted by atomic mass is 32.2. The topological polar surface area (TPSA) is 46.2 Å². The fourth-order valence-corrected chi connectivity index (χ4v) is 2.88. The molecule has 0 aliphatic heterocycles. The van der Waals surface area contributed by atoms with Crippen LogP contribution in [0.2, 0.25) is 0 Å². The van der Waals surface area contributed by atoms with Crippen LogP contribution in [-0.2, 0) is 10.0 Å². The van der Waals surface area contributed by atoms with E-state index in [2.05, 4.69) is 25.5 Å². The molecule has 2 rings (SSSR count). The Labute approximate surface area is 120 Å². The predicted octanol–water partition coefficient (Wildman–Crippen LogP) is 3.79. The Morgan fingerprint density at radius 3 is 2.00 bits per heavy atom. The first-order chi connectivity index (χ1) is 9.38. The van der Waals surface area contributed by atoms with E-state index in [-0.39, 0.29) is 4.90 Å². The Balaban J connectivity index is 2.23. The lowest BCUT2D eigenvalue weighted by molar-refractivity contribution is 0.601. The van der Waals surface area contributed by atoms with Crippen molar-refractivity contribution >= 4 is 15.7 Å². The van der Waals surface area contributed by atoms with Crippen LogP contribution in [0.25, 0.3) is 0 Å². The standard InChI is InChI=1S/C16H18NO2S/c1-12(2)14-6-10-16(11-7-14)20(18,19)17-15-8-4-13(3)5-9-15/h4-12,17H,3H2,1-2H3. The van der Waals surface area contributed by atoms with Gasteiger partial charge in [0, 0.05) is 5.69 Å². The van der Waals surface area contributed by atoms with Crippen LogP contribution in [0.15, 0.2) is 53.4 Å². The van der Waals surface area contributed by atoms with Crippen molar-refractivity contribution in [3.05, 3.63) is 66.6 Å². The highest BCUT2D eigenvalue weighted by Crippen LogP contribution is 2.20. The van der Waals surface area contributed by atoms with Crippen molar-refractivity contribution in [2.45, 2.75) is 24.7 Å². The molecule has 0 saturated heterocycles. The number of anilines is 1. The zero-order chi connectivity index (χ0) is 14.8.